The predicted octanol–water partition coefficient (Wildman–Crippen LogP) is 7.18. The monoisotopic (exact) mass is 911 g/mol. The minimum Gasteiger partial charge on any atom is -0.450 e. The van der Waals surface area contributed by atoms with Crippen LogP contribution in [0.1, 0.15) is 93.6 Å². The van der Waals surface area contributed by atoms with E-state index in [1.54, 1.807) is 41.1 Å². The topological polar surface area (TPSA) is 172 Å². The SMILES string of the molecule is CC(C)[C@H](NC(=O)[C@H](C(C)C)[N+](C)(C)Cc1ccc([N+](=O)[O-])c(Oc2ccc(-c3ccccc3)cc2)c1)C(=O)N(C)[C@H](C(=O)N1CCCC1C(=O)N1CCCC1C(=O)NC(C)(C)C)C(C)C. The molecular weight excluding hydrogens is 839 g/mol. The minimum atomic E-state index is -0.979. The Morgan fingerprint density at radius 2 is 1.41 bits per heavy atom. The van der Waals surface area contributed by atoms with Crippen molar-refractivity contribution in [1.82, 2.24) is 25.3 Å². The molecule has 5 rings (SSSR count). The number of quaternary nitrogens is 1. The van der Waals surface area contributed by atoms with Crippen molar-refractivity contribution in [2.24, 2.45) is 17.8 Å². The van der Waals surface area contributed by atoms with Crippen LogP contribution in [0.2, 0.25) is 0 Å². The van der Waals surface area contributed by atoms with Crippen LogP contribution in [-0.4, -0.2) is 124 Å². The molecule has 0 aromatic heterocycles. The van der Waals surface area contributed by atoms with E-state index in [0.717, 1.165) is 11.1 Å². The number of likely N-dealkylation sites (N-methyl/N-ethyl adjacent to an activating group) is 2. The molecule has 2 unspecified atom stereocenters. The predicted molar refractivity (Wildman–Crippen MR) is 255 cm³/mol. The van der Waals surface area contributed by atoms with E-state index in [4.69, 9.17) is 4.74 Å². The van der Waals surface area contributed by atoms with Gasteiger partial charge in [0.2, 0.25) is 29.4 Å². The molecule has 2 saturated heterocycles. The number of hydrogen-bond donors (Lipinski definition) is 2. The number of hydrogen-bond acceptors (Lipinski definition) is 8. The molecule has 3 aromatic rings. The van der Waals surface area contributed by atoms with Crippen LogP contribution in [0.4, 0.5) is 5.69 Å². The van der Waals surface area contributed by atoms with E-state index in [0.29, 0.717) is 56.6 Å². The molecule has 2 heterocycles. The number of carbonyl (C=O) groups excluding carboxylic acids is 5. The van der Waals surface area contributed by atoms with Gasteiger partial charge in [0.15, 0.2) is 6.04 Å². The second-order valence-electron chi connectivity index (χ2n) is 20.7. The lowest BCUT2D eigenvalue weighted by Crippen LogP contribution is -2.63. The molecule has 2 aliphatic heterocycles. The van der Waals surface area contributed by atoms with Gasteiger partial charge in [0.1, 0.15) is 36.5 Å². The van der Waals surface area contributed by atoms with E-state index in [1.165, 1.54) is 11.0 Å². The number of ether oxygens (including phenoxy) is 1. The fourth-order valence-electron chi connectivity index (χ4n) is 9.77. The van der Waals surface area contributed by atoms with Crippen molar-refractivity contribution in [2.75, 3.05) is 34.2 Å². The van der Waals surface area contributed by atoms with Gasteiger partial charge >= 0.3 is 5.69 Å². The maximum Gasteiger partial charge on any atom is 0.311 e. The first-order valence-corrected chi connectivity index (χ1v) is 23.3. The third-order valence-electron chi connectivity index (χ3n) is 12.7. The Balaban J connectivity index is 1.31. The quantitative estimate of drug-likeness (QED) is 0.0816. The molecule has 0 bridgehead atoms. The summed E-state index contributed by atoms with van der Waals surface area (Å²) in [6.07, 6.45) is 2.32. The Kier molecular flexibility index (Phi) is 16.4. The summed E-state index contributed by atoms with van der Waals surface area (Å²) in [7, 11) is 5.41. The Bertz CT molecular complexity index is 2220. The fourth-order valence-corrected chi connectivity index (χ4v) is 9.77. The second-order valence-corrected chi connectivity index (χ2v) is 20.7. The molecule has 358 valence electrons. The summed E-state index contributed by atoms with van der Waals surface area (Å²) in [5.74, 6) is -1.92. The number of nitrogens with zero attached hydrogens (tertiary/aromatic N) is 5. The van der Waals surface area contributed by atoms with Crippen molar-refractivity contribution in [3.05, 3.63) is 88.5 Å². The zero-order chi connectivity index (χ0) is 48.8. The lowest BCUT2D eigenvalue weighted by Gasteiger charge is -2.41. The van der Waals surface area contributed by atoms with Crippen molar-refractivity contribution in [3.8, 4) is 22.6 Å². The summed E-state index contributed by atoms with van der Waals surface area (Å²) < 4.78 is 6.27. The summed E-state index contributed by atoms with van der Waals surface area (Å²) in [5, 5.41) is 18.2. The molecule has 3 aromatic carbocycles. The smallest absolute Gasteiger partial charge is 0.311 e. The van der Waals surface area contributed by atoms with Crippen molar-refractivity contribution in [3.63, 3.8) is 0 Å². The Labute approximate surface area is 391 Å². The van der Waals surface area contributed by atoms with Crippen molar-refractivity contribution < 1.29 is 38.1 Å². The van der Waals surface area contributed by atoms with Crippen LogP contribution in [0.5, 0.6) is 11.5 Å². The van der Waals surface area contributed by atoms with E-state index >= 15 is 0 Å². The highest BCUT2D eigenvalue weighted by molar-refractivity contribution is 5.96. The molecule has 2 N–H and O–H groups in total. The average molecular weight is 911 g/mol. The van der Waals surface area contributed by atoms with Crippen LogP contribution in [0, 0.1) is 27.9 Å². The Morgan fingerprint density at radius 3 is 1.97 bits per heavy atom. The van der Waals surface area contributed by atoms with Gasteiger partial charge in [-0.3, -0.25) is 34.1 Å². The van der Waals surface area contributed by atoms with E-state index < -0.39 is 46.6 Å². The number of benzene rings is 3. The molecule has 0 aliphatic carbocycles. The molecule has 2 aliphatic rings. The molecule has 0 saturated carbocycles. The van der Waals surface area contributed by atoms with Gasteiger partial charge in [-0.25, -0.2) is 0 Å². The van der Waals surface area contributed by atoms with Crippen LogP contribution in [0.3, 0.4) is 0 Å². The van der Waals surface area contributed by atoms with E-state index in [1.807, 2.05) is 119 Å². The van der Waals surface area contributed by atoms with E-state index in [9.17, 15) is 34.1 Å². The maximum atomic E-state index is 14.6. The molecule has 15 nitrogen and oxygen atoms in total. The highest BCUT2D eigenvalue weighted by Gasteiger charge is 2.47. The maximum absolute atomic E-state index is 14.6. The second kappa shape index (κ2) is 21.2. The van der Waals surface area contributed by atoms with Gasteiger partial charge in [0.25, 0.3) is 5.91 Å². The normalized spacial score (nSPS) is 18.0. The number of likely N-dealkylation sites (tertiary alicyclic amines) is 2. The van der Waals surface area contributed by atoms with Gasteiger partial charge in [0, 0.05) is 43.2 Å². The standard InChI is InChI=1S/C51H71N7O8/c1-32(2)43(49(62)54(10)44(33(3)4)50(63)56-29-17-21-41(56)48(61)55-28-16-20-40(55)46(59)53-51(7,8)9)52-47(60)45(34(5)6)58(11,12)31-35-22-27-39(57(64)65)42(30-35)66-38-25-23-37(24-26-38)36-18-14-13-15-19-36/h13-15,18-19,22-27,30,32-34,40-41,43-45H,16-17,20-21,28-29,31H2,1-12H3,(H-,52,53,59,60)/p+1/t40?,41?,43-,44-,45-/m0/s1. The van der Waals surface area contributed by atoms with Gasteiger partial charge in [-0.05, 0) is 93.7 Å². The summed E-state index contributed by atoms with van der Waals surface area (Å²) >= 11 is 0. The van der Waals surface area contributed by atoms with Crippen molar-refractivity contribution >= 4 is 35.2 Å². The van der Waals surface area contributed by atoms with E-state index in [-0.39, 0.29) is 57.3 Å². The minimum absolute atomic E-state index is 0.0756. The van der Waals surface area contributed by atoms with Crippen molar-refractivity contribution in [1.29, 1.82) is 0 Å². The van der Waals surface area contributed by atoms with Crippen LogP contribution in [0.25, 0.3) is 11.1 Å². The van der Waals surface area contributed by atoms with Crippen LogP contribution in [0.15, 0.2) is 72.8 Å². The summed E-state index contributed by atoms with van der Waals surface area (Å²) in [6.45, 7) is 18.1. The van der Waals surface area contributed by atoms with Crippen LogP contribution < -0.4 is 15.4 Å². The third kappa shape index (κ3) is 12.1. The number of nitrogens with one attached hydrogen (secondary N) is 2. The lowest BCUT2D eigenvalue weighted by atomic mass is 9.95. The molecular formula is C51H72N7O8+. The average Bonchev–Trinajstić information content (AvgIpc) is 3.93. The Hall–Kier alpha value is -5.83. The molecule has 66 heavy (non-hydrogen) atoms. The first-order valence-electron chi connectivity index (χ1n) is 23.3. The summed E-state index contributed by atoms with van der Waals surface area (Å²) in [5.41, 5.74) is 2.06. The largest absolute Gasteiger partial charge is 0.450 e. The zero-order valence-corrected chi connectivity index (χ0v) is 41.0. The number of nitro groups is 1. The van der Waals surface area contributed by atoms with Gasteiger partial charge in [0.05, 0.1) is 19.0 Å². The fraction of sp³-hybridized carbons (Fsp3) is 0.549. The Morgan fingerprint density at radius 1 is 0.818 bits per heavy atom. The number of nitro benzene ring substituents is 1. The molecule has 0 radical (unpaired) electrons. The van der Waals surface area contributed by atoms with Crippen LogP contribution in [-0.2, 0) is 30.5 Å². The van der Waals surface area contributed by atoms with Crippen molar-refractivity contribution in [2.45, 2.75) is 130 Å². The van der Waals surface area contributed by atoms with Gasteiger partial charge in [-0.1, -0.05) is 84.0 Å². The summed E-state index contributed by atoms with van der Waals surface area (Å²) in [4.78, 5) is 87.3. The molecule has 15 heteroatoms. The summed E-state index contributed by atoms with van der Waals surface area (Å²) in [6, 6.07) is 18.0. The van der Waals surface area contributed by atoms with Gasteiger partial charge < -0.3 is 34.6 Å². The number of amides is 5. The third-order valence-corrected chi connectivity index (χ3v) is 12.7. The molecule has 2 fully saturated rings. The number of carbonyl (C=O) groups is 5. The first-order chi connectivity index (χ1) is 30.9. The van der Waals surface area contributed by atoms with Crippen LogP contribution >= 0.6 is 0 Å². The lowest BCUT2D eigenvalue weighted by molar-refractivity contribution is -0.922. The molecule has 0 spiro atoms. The first kappa shape index (κ1) is 51.2. The zero-order valence-electron chi connectivity index (χ0n) is 41.0. The highest BCUT2D eigenvalue weighted by atomic mass is 16.6. The van der Waals surface area contributed by atoms with E-state index in [2.05, 4.69) is 10.6 Å². The van der Waals surface area contributed by atoms with Gasteiger partial charge in [-0.2, -0.15) is 0 Å². The number of rotatable bonds is 17. The van der Waals surface area contributed by atoms with Gasteiger partial charge in [-0.15, -0.1) is 0 Å². The highest BCUT2D eigenvalue weighted by Crippen LogP contribution is 2.35. The molecule has 5 amide bonds. The molecule has 5 atom stereocenters.